The molecule has 3 aromatic rings. The van der Waals surface area contributed by atoms with Gasteiger partial charge in [-0.25, -0.2) is 9.97 Å². The minimum absolute atomic E-state index is 0.179. The van der Waals surface area contributed by atoms with Gasteiger partial charge in [0.25, 0.3) is 5.91 Å². The number of aromatic nitrogens is 2. The van der Waals surface area contributed by atoms with E-state index < -0.39 is 5.91 Å². The molecule has 0 spiro atoms. The number of hydrogen-bond donors (Lipinski definition) is 2. The summed E-state index contributed by atoms with van der Waals surface area (Å²) in [5.41, 5.74) is 1.51. The predicted octanol–water partition coefficient (Wildman–Crippen LogP) is 4.14. The van der Waals surface area contributed by atoms with Crippen molar-refractivity contribution in [3.05, 3.63) is 65.6 Å². The summed E-state index contributed by atoms with van der Waals surface area (Å²) >= 11 is 6.06. The van der Waals surface area contributed by atoms with Gasteiger partial charge in [-0.05, 0) is 30.3 Å². The first kappa shape index (κ1) is 18.5. The van der Waals surface area contributed by atoms with E-state index in [1.807, 2.05) is 24.3 Å². The van der Waals surface area contributed by atoms with Crippen LogP contribution >= 0.6 is 11.6 Å². The highest BCUT2D eigenvalue weighted by atomic mass is 35.5. The van der Waals surface area contributed by atoms with Gasteiger partial charge in [0.2, 0.25) is 0 Å². The zero-order chi connectivity index (χ0) is 19.2. The van der Waals surface area contributed by atoms with Crippen LogP contribution in [0.25, 0.3) is 0 Å². The summed E-state index contributed by atoms with van der Waals surface area (Å²) in [7, 11) is 3.12. The molecule has 1 amide bonds. The maximum absolute atomic E-state index is 12.3. The first-order valence-corrected chi connectivity index (χ1v) is 8.35. The highest BCUT2D eigenvalue weighted by molar-refractivity contribution is 6.32. The summed E-state index contributed by atoms with van der Waals surface area (Å²) in [6, 6.07) is 12.4. The number of anilines is 3. The van der Waals surface area contributed by atoms with Crippen molar-refractivity contribution in [2.24, 2.45) is 0 Å². The Morgan fingerprint density at radius 1 is 1.00 bits per heavy atom. The molecule has 0 fully saturated rings. The number of nitrogens with zero attached hydrogens (tertiary/aromatic N) is 2. The second-order valence-corrected chi connectivity index (χ2v) is 5.85. The van der Waals surface area contributed by atoms with Crippen molar-refractivity contribution in [3.8, 4) is 11.5 Å². The number of rotatable bonds is 6. The molecule has 2 aromatic carbocycles. The van der Waals surface area contributed by atoms with Crippen molar-refractivity contribution < 1.29 is 14.3 Å². The summed E-state index contributed by atoms with van der Waals surface area (Å²) in [5, 5.41) is 6.22. The molecule has 1 heterocycles. The Kier molecular flexibility index (Phi) is 5.73. The van der Waals surface area contributed by atoms with Crippen LogP contribution in [0.2, 0.25) is 5.02 Å². The van der Waals surface area contributed by atoms with Gasteiger partial charge in [0.05, 0.1) is 31.6 Å². The maximum atomic E-state index is 12.3. The average Bonchev–Trinajstić information content (AvgIpc) is 2.69. The Balaban J connectivity index is 1.67. The van der Waals surface area contributed by atoms with Crippen LogP contribution < -0.4 is 20.1 Å². The molecule has 0 radical (unpaired) electrons. The molecule has 0 aliphatic rings. The molecule has 3 rings (SSSR count). The molecule has 0 unspecified atom stereocenters. The van der Waals surface area contributed by atoms with Crippen LogP contribution in [0.5, 0.6) is 11.5 Å². The van der Waals surface area contributed by atoms with Crippen LogP contribution in [-0.2, 0) is 0 Å². The molecule has 8 heteroatoms. The van der Waals surface area contributed by atoms with Gasteiger partial charge in [0.1, 0.15) is 23.0 Å². The molecule has 7 nitrogen and oxygen atoms in total. The number of amides is 1. The highest BCUT2D eigenvalue weighted by Crippen LogP contribution is 2.27. The topological polar surface area (TPSA) is 85.4 Å². The van der Waals surface area contributed by atoms with Crippen LogP contribution in [0.1, 0.15) is 10.5 Å². The molecular formula is C19H17ClN4O3. The first-order valence-electron chi connectivity index (χ1n) is 7.97. The lowest BCUT2D eigenvalue weighted by Gasteiger charge is -2.09. The Labute approximate surface area is 161 Å². The number of halogens is 1. The van der Waals surface area contributed by atoms with E-state index in [4.69, 9.17) is 21.1 Å². The van der Waals surface area contributed by atoms with E-state index in [-0.39, 0.29) is 5.69 Å². The second kappa shape index (κ2) is 8.37. The Morgan fingerprint density at radius 3 is 2.52 bits per heavy atom. The van der Waals surface area contributed by atoms with Crippen molar-refractivity contribution in [3.63, 3.8) is 0 Å². The minimum Gasteiger partial charge on any atom is -0.497 e. The van der Waals surface area contributed by atoms with E-state index in [1.165, 1.54) is 19.5 Å². The number of nitrogens with one attached hydrogen (secondary N) is 2. The third-order valence-corrected chi connectivity index (χ3v) is 3.93. The molecule has 0 saturated carbocycles. The van der Waals surface area contributed by atoms with Gasteiger partial charge in [-0.3, -0.25) is 4.79 Å². The molecule has 1 aromatic heterocycles. The number of ether oxygens (including phenoxy) is 2. The zero-order valence-corrected chi connectivity index (χ0v) is 15.4. The summed E-state index contributed by atoms with van der Waals surface area (Å²) in [6.45, 7) is 0. The van der Waals surface area contributed by atoms with Gasteiger partial charge >= 0.3 is 0 Å². The smallest absolute Gasteiger partial charge is 0.275 e. The van der Waals surface area contributed by atoms with Crippen LogP contribution in [0.3, 0.4) is 0 Å². The van der Waals surface area contributed by atoms with E-state index in [0.717, 1.165) is 11.4 Å². The van der Waals surface area contributed by atoms with Crippen LogP contribution in [0.15, 0.2) is 54.9 Å². The molecule has 0 aliphatic heterocycles. The molecule has 2 N–H and O–H groups in total. The highest BCUT2D eigenvalue weighted by Gasteiger charge is 2.10. The number of methoxy groups -OCH3 is 2. The Bertz CT molecular complexity index is 948. The molecular weight excluding hydrogens is 368 g/mol. The fraction of sp³-hybridized carbons (Fsp3) is 0.105. The molecule has 0 saturated heterocycles. The Morgan fingerprint density at radius 2 is 1.85 bits per heavy atom. The lowest BCUT2D eigenvalue weighted by atomic mass is 10.3. The van der Waals surface area contributed by atoms with Gasteiger partial charge < -0.3 is 20.1 Å². The zero-order valence-electron chi connectivity index (χ0n) is 14.7. The van der Waals surface area contributed by atoms with Gasteiger partial charge in [-0.1, -0.05) is 17.7 Å². The van der Waals surface area contributed by atoms with Crippen LogP contribution in [0, 0.1) is 0 Å². The molecule has 138 valence electrons. The van der Waals surface area contributed by atoms with Gasteiger partial charge in [-0.15, -0.1) is 0 Å². The normalized spacial score (nSPS) is 10.2. The summed E-state index contributed by atoms with van der Waals surface area (Å²) < 4.78 is 10.3. The summed E-state index contributed by atoms with van der Waals surface area (Å²) in [6.07, 6.45) is 2.87. The van der Waals surface area contributed by atoms with Gasteiger partial charge in [-0.2, -0.15) is 0 Å². The predicted molar refractivity (Wildman–Crippen MR) is 104 cm³/mol. The summed E-state index contributed by atoms with van der Waals surface area (Å²) in [5.74, 6) is 1.37. The van der Waals surface area contributed by atoms with Crippen molar-refractivity contribution in [1.82, 2.24) is 9.97 Å². The lowest BCUT2D eigenvalue weighted by Crippen LogP contribution is -2.14. The van der Waals surface area contributed by atoms with Crippen molar-refractivity contribution >= 4 is 34.7 Å². The van der Waals surface area contributed by atoms with Crippen LogP contribution in [0.4, 0.5) is 17.2 Å². The van der Waals surface area contributed by atoms with E-state index in [9.17, 15) is 4.79 Å². The molecule has 0 atom stereocenters. The van der Waals surface area contributed by atoms with Crippen molar-refractivity contribution in [1.29, 1.82) is 0 Å². The fourth-order valence-electron chi connectivity index (χ4n) is 2.30. The maximum Gasteiger partial charge on any atom is 0.275 e. The number of benzene rings is 2. The molecule has 0 bridgehead atoms. The summed E-state index contributed by atoms with van der Waals surface area (Å²) in [4.78, 5) is 20.7. The number of hydrogen-bond acceptors (Lipinski definition) is 6. The average molecular weight is 385 g/mol. The van der Waals surface area contributed by atoms with Crippen molar-refractivity contribution in [2.75, 3.05) is 24.9 Å². The van der Waals surface area contributed by atoms with Gasteiger partial charge in [0.15, 0.2) is 0 Å². The third kappa shape index (κ3) is 4.65. The van der Waals surface area contributed by atoms with E-state index >= 15 is 0 Å². The lowest BCUT2D eigenvalue weighted by molar-refractivity contribution is 0.102. The van der Waals surface area contributed by atoms with E-state index in [2.05, 4.69) is 20.6 Å². The minimum atomic E-state index is -0.392. The monoisotopic (exact) mass is 384 g/mol. The number of carbonyl (C=O) groups excluding carboxylic acids is 1. The fourth-order valence-corrected chi connectivity index (χ4v) is 2.56. The standard InChI is InChI=1S/C19H17ClN4O3/c1-26-14-5-3-4-12(8-14)23-18-11-21-16(10-22-18)19(25)24-13-6-7-17(27-2)15(20)9-13/h3-11H,1-2H3,(H,22,23)(H,24,25). The van der Waals surface area contributed by atoms with Crippen molar-refractivity contribution in [2.45, 2.75) is 0 Å². The van der Waals surface area contributed by atoms with E-state index in [0.29, 0.717) is 22.3 Å². The van der Waals surface area contributed by atoms with E-state index in [1.54, 1.807) is 25.3 Å². The SMILES string of the molecule is COc1cccc(Nc2cnc(C(=O)Nc3ccc(OC)c(Cl)c3)cn2)c1. The van der Waals surface area contributed by atoms with Crippen LogP contribution in [-0.4, -0.2) is 30.1 Å². The molecule has 0 aliphatic carbocycles. The Hall–Kier alpha value is -3.32. The quantitative estimate of drug-likeness (QED) is 0.664. The largest absolute Gasteiger partial charge is 0.497 e. The van der Waals surface area contributed by atoms with Gasteiger partial charge in [0, 0.05) is 17.4 Å². The first-order chi connectivity index (χ1) is 13.1. The third-order valence-electron chi connectivity index (χ3n) is 3.64. The number of carbonyl (C=O) groups is 1. The second-order valence-electron chi connectivity index (χ2n) is 5.45. The molecule has 27 heavy (non-hydrogen) atoms.